The molecule has 0 fully saturated rings. The average molecular weight is 260 g/mol. The van der Waals surface area contributed by atoms with Crippen LogP contribution in [-0.4, -0.2) is 40.0 Å². The highest BCUT2D eigenvalue weighted by Crippen LogP contribution is 2.13. The van der Waals surface area contributed by atoms with Crippen LogP contribution < -0.4 is 0 Å². The quantitative estimate of drug-likeness (QED) is 0.878. The maximum Gasteiger partial charge on any atom is 0.355 e. The van der Waals surface area contributed by atoms with Crippen molar-refractivity contribution >= 4 is 21.9 Å². The van der Waals surface area contributed by atoms with E-state index in [0.717, 1.165) is 0 Å². The predicted molar refractivity (Wildman–Crippen MR) is 54.1 cm³/mol. The van der Waals surface area contributed by atoms with E-state index < -0.39 is 5.97 Å². The van der Waals surface area contributed by atoms with Gasteiger partial charge in [-0.05, 0) is 30.0 Å². The number of rotatable bonds is 3. The Bertz CT molecular complexity index is 354. The van der Waals surface area contributed by atoms with Gasteiger partial charge in [-0.15, -0.1) is 0 Å². The highest BCUT2D eigenvalue weighted by molar-refractivity contribution is 9.10. The number of hydrogen-bond donors (Lipinski definition) is 1. The molecule has 0 saturated heterocycles. The largest absolute Gasteiger partial charge is 0.476 e. The van der Waals surface area contributed by atoms with E-state index in [1.54, 1.807) is 0 Å². The molecule has 0 atom stereocenters. The van der Waals surface area contributed by atoms with E-state index >= 15 is 0 Å². The van der Waals surface area contributed by atoms with Gasteiger partial charge in [-0.25, -0.2) is 14.8 Å². The summed E-state index contributed by atoms with van der Waals surface area (Å²) in [6, 6.07) is 0. The Morgan fingerprint density at radius 2 is 2.29 bits per heavy atom. The summed E-state index contributed by atoms with van der Waals surface area (Å²) in [5.74, 6) is -0.560. The third-order valence-corrected chi connectivity index (χ3v) is 2.03. The number of nitrogens with zero attached hydrogens (tertiary/aromatic N) is 3. The summed E-state index contributed by atoms with van der Waals surface area (Å²) in [6.07, 6.45) is 1.45. The van der Waals surface area contributed by atoms with Gasteiger partial charge < -0.3 is 10.0 Å². The Hall–Kier alpha value is -1.01. The zero-order valence-corrected chi connectivity index (χ0v) is 9.45. The minimum atomic E-state index is -1.06. The molecule has 1 N–H and O–H groups in total. The highest BCUT2D eigenvalue weighted by Gasteiger charge is 2.12. The van der Waals surface area contributed by atoms with E-state index in [0.29, 0.717) is 16.8 Å². The maximum atomic E-state index is 10.7. The first kappa shape index (κ1) is 11.1. The smallest absolute Gasteiger partial charge is 0.355 e. The van der Waals surface area contributed by atoms with Crippen LogP contribution >= 0.6 is 15.9 Å². The summed E-state index contributed by atoms with van der Waals surface area (Å²) in [5, 5.41) is 8.79. The molecule has 0 radical (unpaired) electrons. The van der Waals surface area contributed by atoms with Crippen molar-refractivity contribution < 1.29 is 9.90 Å². The van der Waals surface area contributed by atoms with Gasteiger partial charge in [0.15, 0.2) is 5.69 Å². The van der Waals surface area contributed by atoms with Gasteiger partial charge in [-0.3, -0.25) is 0 Å². The van der Waals surface area contributed by atoms with Crippen molar-refractivity contribution in [2.24, 2.45) is 0 Å². The first-order valence-electron chi connectivity index (χ1n) is 3.90. The van der Waals surface area contributed by atoms with Gasteiger partial charge in [0.25, 0.3) is 0 Å². The molecule has 0 spiro atoms. The average Bonchev–Trinajstić information content (AvgIpc) is 2.07. The Labute approximate surface area is 89.9 Å². The highest BCUT2D eigenvalue weighted by atomic mass is 79.9. The van der Waals surface area contributed by atoms with Gasteiger partial charge in [-0.1, -0.05) is 0 Å². The SMILES string of the molecule is CN(C)Cc1ncc(Br)c(C(=O)O)n1. The zero-order chi connectivity index (χ0) is 10.7. The number of carboxylic acid groups (broad SMARTS) is 1. The van der Waals surface area contributed by atoms with E-state index in [-0.39, 0.29) is 5.69 Å². The Balaban J connectivity index is 3.00. The Kier molecular flexibility index (Phi) is 3.54. The molecule has 0 aliphatic carbocycles. The van der Waals surface area contributed by atoms with Crippen LogP contribution in [0.3, 0.4) is 0 Å². The van der Waals surface area contributed by atoms with Gasteiger partial charge in [0.2, 0.25) is 0 Å². The molecule has 6 heteroatoms. The third-order valence-electron chi connectivity index (χ3n) is 1.45. The lowest BCUT2D eigenvalue weighted by Gasteiger charge is -2.08. The fourth-order valence-corrected chi connectivity index (χ4v) is 1.27. The number of hydrogen-bond acceptors (Lipinski definition) is 4. The molecule has 0 aromatic carbocycles. The van der Waals surface area contributed by atoms with Crippen LogP contribution in [0.2, 0.25) is 0 Å². The fourth-order valence-electron chi connectivity index (χ4n) is 0.913. The predicted octanol–water partition coefficient (Wildman–Crippen LogP) is 0.999. The third kappa shape index (κ3) is 2.74. The monoisotopic (exact) mass is 259 g/mol. The number of halogens is 1. The maximum absolute atomic E-state index is 10.7. The topological polar surface area (TPSA) is 66.3 Å². The van der Waals surface area contributed by atoms with Crippen LogP contribution in [0.15, 0.2) is 10.7 Å². The summed E-state index contributed by atoms with van der Waals surface area (Å²) in [5.41, 5.74) is -0.00292. The molecule has 0 bridgehead atoms. The van der Waals surface area contributed by atoms with Crippen molar-refractivity contribution in [3.63, 3.8) is 0 Å². The number of aromatic carboxylic acids is 1. The van der Waals surface area contributed by atoms with E-state index in [1.165, 1.54) is 6.20 Å². The summed E-state index contributed by atoms with van der Waals surface area (Å²) in [7, 11) is 3.73. The van der Waals surface area contributed by atoms with Crippen molar-refractivity contribution in [1.82, 2.24) is 14.9 Å². The van der Waals surface area contributed by atoms with Crippen molar-refractivity contribution in [3.8, 4) is 0 Å². The van der Waals surface area contributed by atoms with Crippen molar-refractivity contribution in [1.29, 1.82) is 0 Å². The van der Waals surface area contributed by atoms with Crippen LogP contribution in [0, 0.1) is 0 Å². The first-order valence-corrected chi connectivity index (χ1v) is 4.69. The van der Waals surface area contributed by atoms with Gasteiger partial charge in [0.05, 0.1) is 11.0 Å². The van der Waals surface area contributed by atoms with Crippen LogP contribution in [0.1, 0.15) is 16.3 Å². The standard InChI is InChI=1S/C8H10BrN3O2/c1-12(2)4-6-10-3-5(9)7(11-6)8(13)14/h3H,4H2,1-2H3,(H,13,14). The molecule has 0 unspecified atom stereocenters. The minimum Gasteiger partial charge on any atom is -0.476 e. The molecule has 0 saturated carbocycles. The summed E-state index contributed by atoms with van der Waals surface area (Å²) in [6.45, 7) is 0.521. The summed E-state index contributed by atoms with van der Waals surface area (Å²) < 4.78 is 0.396. The molecule has 0 aliphatic heterocycles. The number of carboxylic acids is 1. The second-order valence-electron chi connectivity index (χ2n) is 3.03. The molecular formula is C8H10BrN3O2. The van der Waals surface area contributed by atoms with Gasteiger partial charge in [0, 0.05) is 6.20 Å². The second-order valence-corrected chi connectivity index (χ2v) is 3.88. The molecule has 76 valence electrons. The molecule has 14 heavy (non-hydrogen) atoms. The molecule has 1 heterocycles. The van der Waals surface area contributed by atoms with Crippen molar-refractivity contribution in [2.75, 3.05) is 14.1 Å². The number of aromatic nitrogens is 2. The fraction of sp³-hybridized carbons (Fsp3) is 0.375. The lowest BCUT2D eigenvalue weighted by Crippen LogP contribution is -2.15. The second kappa shape index (κ2) is 4.47. The lowest BCUT2D eigenvalue weighted by atomic mass is 10.4. The summed E-state index contributed by atoms with van der Waals surface area (Å²) >= 11 is 3.08. The summed E-state index contributed by atoms with van der Waals surface area (Å²) in [4.78, 5) is 20.5. The van der Waals surface area contributed by atoms with Crippen LogP contribution in [0.4, 0.5) is 0 Å². The van der Waals surface area contributed by atoms with Crippen molar-refractivity contribution in [3.05, 3.63) is 22.2 Å². The zero-order valence-electron chi connectivity index (χ0n) is 7.86. The van der Waals surface area contributed by atoms with Crippen molar-refractivity contribution in [2.45, 2.75) is 6.54 Å². The van der Waals surface area contributed by atoms with E-state index in [2.05, 4.69) is 25.9 Å². The van der Waals surface area contributed by atoms with E-state index in [9.17, 15) is 4.79 Å². The molecule has 0 amide bonds. The molecule has 1 aromatic heterocycles. The molecule has 1 rings (SSSR count). The van der Waals surface area contributed by atoms with E-state index in [4.69, 9.17) is 5.11 Å². The van der Waals surface area contributed by atoms with Gasteiger partial charge in [-0.2, -0.15) is 0 Å². The molecule has 5 nitrogen and oxygen atoms in total. The van der Waals surface area contributed by atoms with Gasteiger partial charge in [0.1, 0.15) is 5.82 Å². The Morgan fingerprint density at radius 3 is 2.79 bits per heavy atom. The van der Waals surface area contributed by atoms with E-state index in [1.807, 2.05) is 19.0 Å². The minimum absolute atomic E-state index is 0.00292. The van der Waals surface area contributed by atoms with Gasteiger partial charge >= 0.3 is 5.97 Å². The first-order chi connectivity index (χ1) is 6.50. The van der Waals surface area contributed by atoms with Crippen LogP contribution in [0.5, 0.6) is 0 Å². The van der Waals surface area contributed by atoms with Crippen LogP contribution in [0.25, 0.3) is 0 Å². The molecule has 0 aliphatic rings. The molecule has 1 aromatic rings. The lowest BCUT2D eigenvalue weighted by molar-refractivity contribution is 0.0688. The molecular weight excluding hydrogens is 250 g/mol. The Morgan fingerprint density at radius 1 is 1.64 bits per heavy atom. The number of carbonyl (C=O) groups is 1. The normalized spacial score (nSPS) is 10.6. The van der Waals surface area contributed by atoms with Crippen LogP contribution in [-0.2, 0) is 6.54 Å².